The van der Waals surface area contributed by atoms with E-state index in [9.17, 15) is 13.2 Å². The number of aryl methyl sites for hydroxylation is 1. The minimum absolute atomic E-state index is 0.401. The quantitative estimate of drug-likeness (QED) is 0.749. The lowest BCUT2D eigenvalue weighted by molar-refractivity contribution is -0.137. The van der Waals surface area contributed by atoms with Gasteiger partial charge in [0.25, 0.3) is 0 Å². The third kappa shape index (κ3) is 1.91. The highest BCUT2D eigenvalue weighted by atomic mass is 19.4. The van der Waals surface area contributed by atoms with E-state index in [1.54, 1.807) is 19.1 Å². The Balaban J connectivity index is 2.44. The molecule has 0 N–H and O–H groups in total. The fraction of sp³-hybridized carbons (Fsp3) is 0.200. The van der Waals surface area contributed by atoms with E-state index in [0.29, 0.717) is 5.82 Å². The number of alkyl halides is 3. The molecule has 0 aliphatic carbocycles. The van der Waals surface area contributed by atoms with Crippen LogP contribution in [-0.2, 0) is 6.18 Å². The van der Waals surface area contributed by atoms with E-state index in [4.69, 9.17) is 0 Å². The zero-order chi connectivity index (χ0) is 11.8. The molecule has 2 rings (SSSR count). The second-order valence-electron chi connectivity index (χ2n) is 3.32. The van der Waals surface area contributed by atoms with Crippen molar-refractivity contribution in [2.24, 2.45) is 0 Å². The zero-order valence-electron chi connectivity index (χ0n) is 8.36. The molecule has 2 heterocycles. The van der Waals surface area contributed by atoms with Gasteiger partial charge in [0, 0.05) is 12.4 Å². The van der Waals surface area contributed by atoms with Gasteiger partial charge in [-0.05, 0) is 18.6 Å². The van der Waals surface area contributed by atoms with Crippen LogP contribution in [0.25, 0.3) is 5.82 Å². The van der Waals surface area contributed by atoms with Crippen LogP contribution in [0, 0.1) is 6.92 Å². The molecule has 0 aliphatic rings. The van der Waals surface area contributed by atoms with Crippen LogP contribution in [0.2, 0.25) is 0 Å². The molecule has 2 aromatic heterocycles. The molecule has 0 aliphatic heterocycles. The van der Waals surface area contributed by atoms with Crippen LogP contribution in [-0.4, -0.2) is 14.8 Å². The van der Waals surface area contributed by atoms with Crippen molar-refractivity contribution < 1.29 is 13.2 Å². The molecule has 0 spiro atoms. The number of halogens is 3. The van der Waals surface area contributed by atoms with E-state index in [1.807, 2.05) is 0 Å². The highest BCUT2D eigenvalue weighted by Gasteiger charge is 2.32. The molecular weight excluding hydrogens is 219 g/mol. The minimum Gasteiger partial charge on any atom is -0.237 e. The first-order chi connectivity index (χ1) is 7.48. The van der Waals surface area contributed by atoms with E-state index in [0.717, 1.165) is 22.6 Å². The number of rotatable bonds is 1. The van der Waals surface area contributed by atoms with E-state index >= 15 is 0 Å². The van der Waals surface area contributed by atoms with Crippen LogP contribution in [0.3, 0.4) is 0 Å². The summed E-state index contributed by atoms with van der Waals surface area (Å²) < 4.78 is 38.2. The standard InChI is InChI=1S/C10H8F3N3/c1-7-3-2-4-14-9(7)16-6-8(5-15-16)10(11,12)13/h2-6H,1H3. The van der Waals surface area contributed by atoms with Gasteiger partial charge in [0.2, 0.25) is 0 Å². The third-order valence-electron chi connectivity index (χ3n) is 2.11. The molecule has 0 aromatic carbocycles. The van der Waals surface area contributed by atoms with Crippen LogP contribution >= 0.6 is 0 Å². The molecule has 0 bridgehead atoms. The van der Waals surface area contributed by atoms with Crippen LogP contribution in [0.1, 0.15) is 11.1 Å². The molecule has 0 radical (unpaired) electrons. The number of hydrogen-bond acceptors (Lipinski definition) is 2. The first-order valence-electron chi connectivity index (χ1n) is 4.52. The first-order valence-corrected chi connectivity index (χ1v) is 4.52. The van der Waals surface area contributed by atoms with Gasteiger partial charge in [-0.25, -0.2) is 9.67 Å². The van der Waals surface area contributed by atoms with Gasteiger partial charge in [0.15, 0.2) is 5.82 Å². The summed E-state index contributed by atoms with van der Waals surface area (Å²) in [5.41, 5.74) is -0.0168. The summed E-state index contributed by atoms with van der Waals surface area (Å²) in [6.45, 7) is 1.76. The average molecular weight is 227 g/mol. The van der Waals surface area contributed by atoms with Crippen molar-refractivity contribution in [2.45, 2.75) is 13.1 Å². The van der Waals surface area contributed by atoms with E-state index in [-0.39, 0.29) is 0 Å². The molecule has 0 amide bonds. The highest BCUT2D eigenvalue weighted by molar-refractivity contribution is 5.32. The van der Waals surface area contributed by atoms with Crippen LogP contribution in [0.15, 0.2) is 30.7 Å². The number of nitrogens with zero attached hydrogens (tertiary/aromatic N) is 3. The lowest BCUT2D eigenvalue weighted by atomic mass is 10.3. The summed E-state index contributed by atoms with van der Waals surface area (Å²) in [5.74, 6) is 0.401. The second-order valence-corrected chi connectivity index (χ2v) is 3.32. The van der Waals surface area contributed by atoms with Crippen molar-refractivity contribution in [3.63, 3.8) is 0 Å². The zero-order valence-corrected chi connectivity index (χ0v) is 8.36. The SMILES string of the molecule is Cc1cccnc1-n1cc(C(F)(F)F)cn1. The molecule has 0 saturated heterocycles. The topological polar surface area (TPSA) is 30.7 Å². The maximum atomic E-state index is 12.3. The summed E-state index contributed by atoms with van der Waals surface area (Å²) in [6.07, 6.45) is -1.15. The summed E-state index contributed by atoms with van der Waals surface area (Å²) in [7, 11) is 0. The highest BCUT2D eigenvalue weighted by Crippen LogP contribution is 2.29. The van der Waals surface area contributed by atoms with E-state index in [1.165, 1.54) is 6.20 Å². The van der Waals surface area contributed by atoms with Gasteiger partial charge in [-0.15, -0.1) is 0 Å². The van der Waals surface area contributed by atoms with Crippen molar-refractivity contribution in [3.8, 4) is 5.82 Å². The largest absolute Gasteiger partial charge is 0.419 e. The van der Waals surface area contributed by atoms with Crippen molar-refractivity contribution >= 4 is 0 Å². The Labute approximate surface area is 89.5 Å². The van der Waals surface area contributed by atoms with Crippen LogP contribution in [0.4, 0.5) is 13.2 Å². The number of aromatic nitrogens is 3. The average Bonchev–Trinajstić information content (AvgIpc) is 2.66. The first kappa shape index (κ1) is 10.7. The smallest absolute Gasteiger partial charge is 0.237 e. The Hall–Kier alpha value is -1.85. The normalized spacial score (nSPS) is 11.8. The predicted octanol–water partition coefficient (Wildman–Crippen LogP) is 2.59. The van der Waals surface area contributed by atoms with Gasteiger partial charge in [-0.1, -0.05) is 6.07 Å². The molecular formula is C10H8F3N3. The van der Waals surface area contributed by atoms with Crippen molar-refractivity contribution in [3.05, 3.63) is 41.9 Å². The van der Waals surface area contributed by atoms with Crippen molar-refractivity contribution in [1.29, 1.82) is 0 Å². The van der Waals surface area contributed by atoms with Gasteiger partial charge in [0.1, 0.15) is 0 Å². The molecule has 16 heavy (non-hydrogen) atoms. The fourth-order valence-electron chi connectivity index (χ4n) is 1.30. The Morgan fingerprint density at radius 2 is 2.06 bits per heavy atom. The lowest BCUT2D eigenvalue weighted by Gasteiger charge is -2.03. The fourth-order valence-corrected chi connectivity index (χ4v) is 1.30. The number of hydrogen-bond donors (Lipinski definition) is 0. The van der Waals surface area contributed by atoms with E-state index < -0.39 is 11.7 Å². The third-order valence-corrected chi connectivity index (χ3v) is 2.11. The number of pyridine rings is 1. The molecule has 0 unspecified atom stereocenters. The molecule has 0 fully saturated rings. The Kier molecular flexibility index (Phi) is 2.41. The molecule has 84 valence electrons. The van der Waals surface area contributed by atoms with Crippen molar-refractivity contribution in [1.82, 2.24) is 14.8 Å². The summed E-state index contributed by atoms with van der Waals surface area (Å²) in [4.78, 5) is 3.98. The Bertz CT molecular complexity index is 502. The van der Waals surface area contributed by atoms with E-state index in [2.05, 4.69) is 10.1 Å². The summed E-state index contributed by atoms with van der Waals surface area (Å²) in [5, 5.41) is 3.65. The lowest BCUT2D eigenvalue weighted by Crippen LogP contribution is -2.04. The maximum Gasteiger partial charge on any atom is 0.419 e. The molecule has 6 heteroatoms. The Morgan fingerprint density at radius 3 is 2.62 bits per heavy atom. The maximum absolute atomic E-state index is 12.3. The summed E-state index contributed by atoms with van der Waals surface area (Å²) >= 11 is 0. The minimum atomic E-state index is -4.37. The van der Waals surface area contributed by atoms with Gasteiger partial charge in [0.05, 0.1) is 11.8 Å². The molecule has 0 atom stereocenters. The van der Waals surface area contributed by atoms with Gasteiger partial charge >= 0.3 is 6.18 Å². The van der Waals surface area contributed by atoms with Crippen molar-refractivity contribution in [2.75, 3.05) is 0 Å². The molecule has 2 aromatic rings. The Morgan fingerprint density at radius 1 is 1.31 bits per heavy atom. The van der Waals surface area contributed by atoms with Crippen LogP contribution in [0.5, 0.6) is 0 Å². The summed E-state index contributed by atoms with van der Waals surface area (Å²) in [6, 6.07) is 3.48. The molecule has 0 saturated carbocycles. The predicted molar refractivity (Wildman–Crippen MR) is 51.1 cm³/mol. The van der Waals surface area contributed by atoms with Gasteiger partial charge in [-0.3, -0.25) is 0 Å². The van der Waals surface area contributed by atoms with Gasteiger partial charge in [-0.2, -0.15) is 18.3 Å². The van der Waals surface area contributed by atoms with Crippen LogP contribution < -0.4 is 0 Å². The molecule has 3 nitrogen and oxygen atoms in total. The monoisotopic (exact) mass is 227 g/mol. The second kappa shape index (κ2) is 3.62. The van der Waals surface area contributed by atoms with Gasteiger partial charge < -0.3 is 0 Å².